The van der Waals surface area contributed by atoms with E-state index in [1.165, 1.54) is 11.3 Å². The maximum atomic E-state index is 12.5. The predicted octanol–water partition coefficient (Wildman–Crippen LogP) is 3.73. The number of hydrogen-bond acceptors (Lipinski definition) is 4. The van der Waals surface area contributed by atoms with Crippen LogP contribution < -0.4 is 10.5 Å². The van der Waals surface area contributed by atoms with Gasteiger partial charge >= 0.3 is 0 Å². The minimum absolute atomic E-state index is 0.186. The van der Waals surface area contributed by atoms with Crippen LogP contribution in [-0.2, 0) is 16.6 Å². The minimum atomic E-state index is -3.69. The van der Waals surface area contributed by atoms with Crippen LogP contribution in [0.15, 0.2) is 32.9 Å². The van der Waals surface area contributed by atoms with E-state index in [4.69, 9.17) is 17.3 Å². The third kappa shape index (κ3) is 3.17. The Balaban J connectivity index is 2.46. The fraction of sp³-hybridized carbons (Fsp3) is 0.167. The summed E-state index contributed by atoms with van der Waals surface area (Å²) >= 11 is 10.5. The summed E-state index contributed by atoms with van der Waals surface area (Å²) < 4.78 is 28.2. The molecule has 4 nitrogen and oxygen atoms in total. The zero-order valence-electron chi connectivity index (χ0n) is 10.5. The first kappa shape index (κ1) is 15.8. The first-order valence-electron chi connectivity index (χ1n) is 5.60. The number of sulfonamides is 1. The molecule has 0 aliphatic rings. The number of aryl methyl sites for hydroxylation is 1. The van der Waals surface area contributed by atoms with Crippen molar-refractivity contribution in [2.24, 2.45) is 5.73 Å². The summed E-state index contributed by atoms with van der Waals surface area (Å²) in [6.45, 7) is 1.93. The second kappa shape index (κ2) is 6.03. The molecule has 0 bridgehead atoms. The molecule has 8 heteroatoms. The molecule has 0 spiro atoms. The van der Waals surface area contributed by atoms with Gasteiger partial charge in [0.1, 0.15) is 4.90 Å². The van der Waals surface area contributed by atoms with Gasteiger partial charge in [-0.2, -0.15) is 0 Å². The maximum absolute atomic E-state index is 12.5. The summed E-state index contributed by atoms with van der Waals surface area (Å²) in [7, 11) is -3.69. The third-order valence-electron chi connectivity index (χ3n) is 2.62. The Morgan fingerprint density at radius 2 is 2.15 bits per heavy atom. The van der Waals surface area contributed by atoms with E-state index in [0.29, 0.717) is 25.6 Å². The molecule has 1 aromatic heterocycles. The summed E-state index contributed by atoms with van der Waals surface area (Å²) in [6, 6.07) is 4.90. The first-order chi connectivity index (χ1) is 9.35. The van der Waals surface area contributed by atoms with Gasteiger partial charge in [0.15, 0.2) is 0 Å². The lowest BCUT2D eigenvalue weighted by atomic mass is 10.3. The van der Waals surface area contributed by atoms with Crippen molar-refractivity contribution in [3.63, 3.8) is 0 Å². The Hall–Kier alpha value is -0.600. The summed E-state index contributed by atoms with van der Waals surface area (Å²) in [6.07, 6.45) is 0. The van der Waals surface area contributed by atoms with Gasteiger partial charge in [-0.05, 0) is 52.0 Å². The highest BCUT2D eigenvalue weighted by molar-refractivity contribution is 9.10. The molecule has 0 saturated carbocycles. The Morgan fingerprint density at radius 1 is 1.45 bits per heavy atom. The predicted molar refractivity (Wildman–Crippen MR) is 86.9 cm³/mol. The van der Waals surface area contributed by atoms with Crippen molar-refractivity contribution in [3.05, 3.63) is 43.5 Å². The van der Waals surface area contributed by atoms with Crippen LogP contribution in [0, 0.1) is 6.92 Å². The number of halogens is 2. The standard InChI is InChI=1S/C12H12BrClN2O2S2/c1-7-6-19-11(5-15)12(7)20(17,18)16-10-4-8(14)2-3-9(10)13/h2-4,6,16H,5,15H2,1H3. The number of thiophene rings is 1. The number of nitrogens with one attached hydrogen (secondary N) is 1. The first-order valence-corrected chi connectivity index (χ1v) is 9.13. The molecule has 1 heterocycles. The minimum Gasteiger partial charge on any atom is -0.326 e. The van der Waals surface area contributed by atoms with E-state index in [1.54, 1.807) is 30.5 Å². The zero-order valence-corrected chi connectivity index (χ0v) is 14.5. The summed E-state index contributed by atoms with van der Waals surface area (Å²) in [5, 5.41) is 2.23. The Labute approximate surface area is 135 Å². The molecular formula is C12H12BrClN2O2S2. The van der Waals surface area contributed by atoms with Gasteiger partial charge in [-0.15, -0.1) is 11.3 Å². The number of hydrogen-bond donors (Lipinski definition) is 2. The van der Waals surface area contributed by atoms with E-state index in [2.05, 4.69) is 20.7 Å². The lowest BCUT2D eigenvalue weighted by Crippen LogP contribution is -2.16. The van der Waals surface area contributed by atoms with Crippen LogP contribution in [0.1, 0.15) is 10.4 Å². The van der Waals surface area contributed by atoms with Crippen LogP contribution in [0.4, 0.5) is 5.69 Å². The molecule has 2 aromatic rings. The van der Waals surface area contributed by atoms with Crippen LogP contribution in [0.3, 0.4) is 0 Å². The molecule has 0 atom stereocenters. The topological polar surface area (TPSA) is 72.2 Å². The summed E-state index contributed by atoms with van der Waals surface area (Å²) in [5.74, 6) is 0. The van der Waals surface area contributed by atoms with Crippen LogP contribution in [-0.4, -0.2) is 8.42 Å². The normalized spacial score (nSPS) is 11.6. The van der Waals surface area contributed by atoms with E-state index < -0.39 is 10.0 Å². The number of anilines is 1. The smallest absolute Gasteiger partial charge is 0.263 e. The van der Waals surface area contributed by atoms with Gasteiger partial charge < -0.3 is 5.73 Å². The molecule has 0 fully saturated rings. The highest BCUT2D eigenvalue weighted by Crippen LogP contribution is 2.31. The maximum Gasteiger partial charge on any atom is 0.263 e. The fourth-order valence-electron chi connectivity index (χ4n) is 1.76. The van der Waals surface area contributed by atoms with Crippen molar-refractivity contribution in [1.82, 2.24) is 0 Å². The van der Waals surface area contributed by atoms with Crippen LogP contribution in [0.25, 0.3) is 0 Å². The van der Waals surface area contributed by atoms with Crippen molar-refractivity contribution in [2.45, 2.75) is 18.4 Å². The largest absolute Gasteiger partial charge is 0.326 e. The average Bonchev–Trinajstić information content (AvgIpc) is 2.75. The molecule has 3 N–H and O–H groups in total. The molecule has 1 aromatic carbocycles. The van der Waals surface area contributed by atoms with Crippen molar-refractivity contribution in [3.8, 4) is 0 Å². The van der Waals surface area contributed by atoms with E-state index in [9.17, 15) is 8.42 Å². The molecule has 0 amide bonds. The fourth-order valence-corrected chi connectivity index (χ4v) is 5.19. The van der Waals surface area contributed by atoms with E-state index in [0.717, 1.165) is 0 Å². The molecule has 2 rings (SSSR count). The van der Waals surface area contributed by atoms with Crippen LogP contribution >= 0.6 is 38.9 Å². The van der Waals surface area contributed by atoms with E-state index in [-0.39, 0.29) is 11.4 Å². The molecular weight excluding hydrogens is 384 g/mol. The zero-order chi connectivity index (χ0) is 14.9. The SMILES string of the molecule is Cc1csc(CN)c1S(=O)(=O)Nc1cc(Cl)ccc1Br. The Kier molecular flexibility index (Phi) is 4.76. The summed E-state index contributed by atoms with van der Waals surface area (Å²) in [4.78, 5) is 0.880. The van der Waals surface area contributed by atoms with E-state index in [1.807, 2.05) is 0 Å². The lowest BCUT2D eigenvalue weighted by Gasteiger charge is -2.11. The lowest BCUT2D eigenvalue weighted by molar-refractivity contribution is 0.600. The van der Waals surface area contributed by atoms with Crippen molar-refractivity contribution < 1.29 is 8.42 Å². The van der Waals surface area contributed by atoms with Crippen molar-refractivity contribution in [2.75, 3.05) is 4.72 Å². The summed E-state index contributed by atoms with van der Waals surface area (Å²) in [5.41, 5.74) is 6.67. The highest BCUT2D eigenvalue weighted by atomic mass is 79.9. The highest BCUT2D eigenvalue weighted by Gasteiger charge is 2.23. The van der Waals surface area contributed by atoms with Crippen molar-refractivity contribution in [1.29, 1.82) is 0 Å². The van der Waals surface area contributed by atoms with Crippen LogP contribution in [0.5, 0.6) is 0 Å². The molecule has 0 aliphatic carbocycles. The Morgan fingerprint density at radius 3 is 2.80 bits per heavy atom. The van der Waals surface area contributed by atoms with Gasteiger partial charge in [-0.3, -0.25) is 4.72 Å². The van der Waals surface area contributed by atoms with Crippen LogP contribution in [0.2, 0.25) is 5.02 Å². The monoisotopic (exact) mass is 394 g/mol. The van der Waals surface area contributed by atoms with Gasteiger partial charge in [0.25, 0.3) is 10.0 Å². The second-order valence-electron chi connectivity index (χ2n) is 4.10. The van der Waals surface area contributed by atoms with Gasteiger partial charge in [0.05, 0.1) is 5.69 Å². The molecule has 0 aliphatic heterocycles. The average molecular weight is 396 g/mol. The Bertz CT molecular complexity index is 744. The van der Waals surface area contributed by atoms with Gasteiger partial charge in [-0.1, -0.05) is 11.6 Å². The van der Waals surface area contributed by atoms with E-state index >= 15 is 0 Å². The van der Waals surface area contributed by atoms with Gasteiger partial charge in [0, 0.05) is 20.9 Å². The number of nitrogens with two attached hydrogens (primary N) is 1. The quantitative estimate of drug-likeness (QED) is 0.828. The third-order valence-corrected chi connectivity index (χ3v) is 6.39. The molecule has 20 heavy (non-hydrogen) atoms. The second-order valence-corrected chi connectivity index (χ2v) is 7.98. The van der Waals surface area contributed by atoms with Gasteiger partial charge in [-0.25, -0.2) is 8.42 Å². The molecule has 0 unspecified atom stereocenters. The number of benzene rings is 1. The molecule has 0 saturated heterocycles. The molecule has 0 radical (unpaired) electrons. The van der Waals surface area contributed by atoms with Crippen molar-refractivity contribution >= 4 is 54.6 Å². The van der Waals surface area contributed by atoms with Gasteiger partial charge in [0.2, 0.25) is 0 Å². The molecule has 108 valence electrons. The number of rotatable bonds is 4.